The van der Waals surface area contributed by atoms with Crippen molar-refractivity contribution in [2.75, 3.05) is 0 Å². The largest absolute Gasteiger partial charge is 0.449 e. The molecular weight excluding hydrogens is 424 g/mol. The van der Waals surface area contributed by atoms with E-state index in [9.17, 15) is 24.0 Å². The third-order valence-corrected chi connectivity index (χ3v) is 5.46. The number of ketones is 2. The van der Waals surface area contributed by atoms with Crippen molar-refractivity contribution in [2.24, 2.45) is 0 Å². The molecule has 33 heavy (non-hydrogen) atoms. The molecule has 0 saturated heterocycles. The summed E-state index contributed by atoms with van der Waals surface area (Å²) in [4.78, 5) is 61.2. The number of amides is 3. The second kappa shape index (κ2) is 11.2. The van der Waals surface area contributed by atoms with Gasteiger partial charge in [0, 0.05) is 17.2 Å². The lowest BCUT2D eigenvalue weighted by molar-refractivity contribution is -0.127. The van der Waals surface area contributed by atoms with Crippen molar-refractivity contribution in [1.82, 2.24) is 10.6 Å². The molecule has 1 fully saturated rings. The van der Waals surface area contributed by atoms with Gasteiger partial charge in [0.2, 0.25) is 11.6 Å². The minimum atomic E-state index is -1.20. The predicted molar refractivity (Wildman–Crippen MR) is 120 cm³/mol. The van der Waals surface area contributed by atoms with E-state index < -0.39 is 35.6 Å². The quantitative estimate of drug-likeness (QED) is 0.379. The van der Waals surface area contributed by atoms with Gasteiger partial charge >= 0.3 is 12.0 Å². The van der Waals surface area contributed by atoms with Gasteiger partial charge in [0.1, 0.15) is 0 Å². The molecule has 0 radical (unpaired) electrons. The van der Waals surface area contributed by atoms with Crippen molar-refractivity contribution in [1.29, 1.82) is 0 Å². The Morgan fingerprint density at radius 3 is 1.94 bits per heavy atom. The fraction of sp³-hybridized carbons (Fsp3) is 0.320. The Morgan fingerprint density at radius 2 is 1.33 bits per heavy atom. The predicted octanol–water partition coefficient (Wildman–Crippen LogP) is 3.46. The van der Waals surface area contributed by atoms with Gasteiger partial charge in [-0.1, -0.05) is 61.7 Å². The molecule has 8 heteroatoms. The number of ether oxygens (including phenoxy) is 1. The van der Waals surface area contributed by atoms with Crippen LogP contribution in [0, 0.1) is 0 Å². The van der Waals surface area contributed by atoms with Gasteiger partial charge in [-0.05, 0) is 31.9 Å². The van der Waals surface area contributed by atoms with E-state index in [2.05, 4.69) is 10.6 Å². The Hall–Kier alpha value is -3.81. The Labute approximate surface area is 191 Å². The second-order valence-electron chi connectivity index (χ2n) is 7.95. The number of rotatable bonds is 7. The number of benzene rings is 2. The standard InChI is InChI=1S/C25H26N2O6/c1-16(23(30)27-25(32)26-20-10-6-3-7-11-20)33-24(31)19-14-12-18(13-15-19)22(29)21(28)17-8-4-2-5-9-17/h2,4-5,8-9,12-16,20H,3,6-7,10-11H2,1H3,(H2,26,27,30,32). The number of carbonyl (C=O) groups is 5. The molecule has 2 N–H and O–H groups in total. The van der Waals surface area contributed by atoms with Crippen molar-refractivity contribution >= 4 is 29.5 Å². The molecule has 0 aliphatic heterocycles. The third kappa shape index (κ3) is 6.58. The molecule has 1 aliphatic carbocycles. The third-order valence-electron chi connectivity index (χ3n) is 5.46. The van der Waals surface area contributed by atoms with E-state index in [-0.39, 0.29) is 22.7 Å². The van der Waals surface area contributed by atoms with Crippen LogP contribution < -0.4 is 10.6 Å². The van der Waals surface area contributed by atoms with E-state index in [1.54, 1.807) is 30.3 Å². The van der Waals surface area contributed by atoms with E-state index in [1.165, 1.54) is 31.2 Å². The molecule has 0 aromatic heterocycles. The van der Waals surface area contributed by atoms with Crippen LogP contribution >= 0.6 is 0 Å². The topological polar surface area (TPSA) is 119 Å². The van der Waals surface area contributed by atoms with Crippen LogP contribution in [0.15, 0.2) is 54.6 Å². The van der Waals surface area contributed by atoms with Crippen LogP contribution in [0.2, 0.25) is 0 Å². The van der Waals surface area contributed by atoms with Crippen molar-refractivity contribution < 1.29 is 28.7 Å². The Kier molecular flexibility index (Phi) is 8.07. The number of imide groups is 1. The van der Waals surface area contributed by atoms with Crippen molar-refractivity contribution in [3.05, 3.63) is 71.3 Å². The number of carbonyl (C=O) groups excluding carboxylic acids is 5. The fourth-order valence-corrected chi connectivity index (χ4v) is 3.57. The Bertz CT molecular complexity index is 1030. The zero-order chi connectivity index (χ0) is 23.8. The number of hydrogen-bond acceptors (Lipinski definition) is 6. The van der Waals surface area contributed by atoms with Gasteiger partial charge < -0.3 is 10.1 Å². The number of Topliss-reactive ketones (excluding diaryl/α,β-unsaturated/α-hetero) is 2. The van der Waals surface area contributed by atoms with Gasteiger partial charge in [-0.3, -0.25) is 19.7 Å². The van der Waals surface area contributed by atoms with E-state index in [1.807, 2.05) is 0 Å². The number of esters is 1. The number of nitrogens with one attached hydrogen (secondary N) is 2. The highest BCUT2D eigenvalue weighted by Gasteiger charge is 2.23. The Morgan fingerprint density at radius 1 is 0.788 bits per heavy atom. The van der Waals surface area contributed by atoms with Crippen LogP contribution in [0.3, 0.4) is 0 Å². The van der Waals surface area contributed by atoms with Crippen LogP contribution in [-0.4, -0.2) is 41.6 Å². The van der Waals surface area contributed by atoms with E-state index in [4.69, 9.17) is 4.74 Å². The maximum atomic E-state index is 12.4. The SMILES string of the molecule is CC(OC(=O)c1ccc(C(=O)C(=O)c2ccccc2)cc1)C(=O)NC(=O)NC1CCCCC1. The van der Waals surface area contributed by atoms with Gasteiger partial charge in [-0.2, -0.15) is 0 Å². The van der Waals surface area contributed by atoms with Gasteiger partial charge in [0.25, 0.3) is 5.91 Å². The lowest BCUT2D eigenvalue weighted by atomic mass is 9.96. The minimum absolute atomic E-state index is 0.0411. The summed E-state index contributed by atoms with van der Waals surface area (Å²) in [5.41, 5.74) is 0.508. The van der Waals surface area contributed by atoms with Crippen LogP contribution in [0.4, 0.5) is 4.79 Å². The molecule has 3 rings (SSSR count). The monoisotopic (exact) mass is 450 g/mol. The molecule has 8 nitrogen and oxygen atoms in total. The van der Waals surface area contributed by atoms with E-state index in [0.717, 1.165) is 32.1 Å². The number of hydrogen-bond donors (Lipinski definition) is 2. The first-order valence-electron chi connectivity index (χ1n) is 10.9. The minimum Gasteiger partial charge on any atom is -0.449 e. The van der Waals surface area contributed by atoms with E-state index in [0.29, 0.717) is 0 Å². The molecule has 0 bridgehead atoms. The fourth-order valence-electron chi connectivity index (χ4n) is 3.57. The molecule has 172 valence electrons. The molecule has 2 aromatic rings. The maximum absolute atomic E-state index is 12.4. The lowest BCUT2D eigenvalue weighted by Gasteiger charge is -2.23. The highest BCUT2D eigenvalue weighted by atomic mass is 16.5. The first-order valence-corrected chi connectivity index (χ1v) is 10.9. The molecule has 0 heterocycles. The van der Waals surface area contributed by atoms with Gasteiger partial charge in [0.15, 0.2) is 6.10 Å². The average Bonchev–Trinajstić information content (AvgIpc) is 2.84. The van der Waals surface area contributed by atoms with E-state index >= 15 is 0 Å². The zero-order valence-corrected chi connectivity index (χ0v) is 18.3. The summed E-state index contributed by atoms with van der Waals surface area (Å²) in [6.07, 6.45) is 3.78. The Balaban J connectivity index is 1.52. The summed E-state index contributed by atoms with van der Waals surface area (Å²) in [7, 11) is 0. The van der Waals surface area contributed by atoms with Gasteiger partial charge in [-0.25, -0.2) is 9.59 Å². The first kappa shape index (κ1) is 23.8. The molecule has 1 unspecified atom stereocenters. The van der Waals surface area contributed by atoms with Gasteiger partial charge in [-0.15, -0.1) is 0 Å². The van der Waals surface area contributed by atoms with Crippen molar-refractivity contribution in [3.8, 4) is 0 Å². The second-order valence-corrected chi connectivity index (χ2v) is 7.95. The highest BCUT2D eigenvalue weighted by Crippen LogP contribution is 2.17. The van der Waals surface area contributed by atoms with Crippen molar-refractivity contribution in [2.45, 2.75) is 51.2 Å². The van der Waals surface area contributed by atoms with Crippen LogP contribution in [0.5, 0.6) is 0 Å². The molecular formula is C25H26N2O6. The smallest absolute Gasteiger partial charge is 0.338 e. The molecule has 1 atom stereocenters. The summed E-state index contributed by atoms with van der Waals surface area (Å²) >= 11 is 0. The van der Waals surface area contributed by atoms with Crippen LogP contribution in [0.1, 0.15) is 70.1 Å². The highest BCUT2D eigenvalue weighted by molar-refractivity contribution is 6.49. The molecule has 1 aliphatic rings. The maximum Gasteiger partial charge on any atom is 0.338 e. The number of urea groups is 1. The summed E-state index contributed by atoms with van der Waals surface area (Å²) in [6, 6.07) is 13.0. The summed E-state index contributed by atoms with van der Waals surface area (Å²) in [5.74, 6) is -2.88. The first-order chi connectivity index (χ1) is 15.8. The van der Waals surface area contributed by atoms with Gasteiger partial charge in [0.05, 0.1) is 5.56 Å². The molecule has 0 spiro atoms. The van der Waals surface area contributed by atoms with Crippen LogP contribution in [-0.2, 0) is 9.53 Å². The average molecular weight is 450 g/mol. The molecule has 3 amide bonds. The summed E-state index contributed by atoms with van der Waals surface area (Å²) in [6.45, 7) is 1.36. The van der Waals surface area contributed by atoms with Crippen LogP contribution in [0.25, 0.3) is 0 Å². The molecule has 1 saturated carbocycles. The zero-order valence-electron chi connectivity index (χ0n) is 18.3. The summed E-state index contributed by atoms with van der Waals surface area (Å²) in [5, 5.41) is 4.94. The summed E-state index contributed by atoms with van der Waals surface area (Å²) < 4.78 is 5.12. The molecule has 2 aromatic carbocycles. The van der Waals surface area contributed by atoms with Crippen molar-refractivity contribution in [3.63, 3.8) is 0 Å². The normalized spacial score (nSPS) is 14.6. The lowest BCUT2D eigenvalue weighted by Crippen LogP contribution is -2.48.